The number of benzene rings is 2. The molecule has 3 rings (SSSR count). The molecule has 1 aliphatic rings. The summed E-state index contributed by atoms with van der Waals surface area (Å²) >= 11 is 20.6. The van der Waals surface area contributed by atoms with E-state index in [4.69, 9.17) is 40.2 Å². The van der Waals surface area contributed by atoms with Crippen molar-refractivity contribution in [2.75, 3.05) is 7.05 Å². The smallest absolute Gasteiger partial charge is 0.276 e. The molecule has 0 spiro atoms. The Morgan fingerprint density at radius 2 is 2.04 bits per heavy atom. The molecule has 4 nitrogen and oxygen atoms in total. The first-order chi connectivity index (χ1) is 12.3. The maximum Gasteiger partial charge on any atom is 0.276 e. The Morgan fingerprint density at radius 1 is 1.27 bits per heavy atom. The Balaban J connectivity index is 1.74. The van der Waals surface area contributed by atoms with Gasteiger partial charge < -0.3 is 10.1 Å². The summed E-state index contributed by atoms with van der Waals surface area (Å²) in [6, 6.07) is 10.8. The van der Waals surface area contributed by atoms with Gasteiger partial charge in [-0.3, -0.25) is 9.69 Å². The van der Waals surface area contributed by atoms with Crippen LogP contribution in [0.4, 0.5) is 0 Å². The van der Waals surface area contributed by atoms with E-state index in [1.165, 1.54) is 4.90 Å². The van der Waals surface area contributed by atoms with Crippen LogP contribution < -0.4 is 10.1 Å². The van der Waals surface area contributed by atoms with E-state index in [1.807, 2.05) is 24.3 Å². The number of amides is 1. The van der Waals surface area contributed by atoms with Crippen molar-refractivity contribution in [2.24, 2.45) is 0 Å². The van der Waals surface area contributed by atoms with E-state index in [-0.39, 0.29) is 5.91 Å². The normalized spacial score (nSPS) is 15.5. The summed E-state index contributed by atoms with van der Waals surface area (Å²) in [5.41, 5.74) is 2.11. The molecule has 0 radical (unpaired) electrons. The van der Waals surface area contributed by atoms with Crippen LogP contribution in [0.3, 0.4) is 0 Å². The molecule has 1 aliphatic heterocycles. The second kappa shape index (κ2) is 7.96. The summed E-state index contributed by atoms with van der Waals surface area (Å²) in [6.07, 6.45) is 1.74. The van der Waals surface area contributed by atoms with Crippen molar-refractivity contribution in [1.82, 2.24) is 10.2 Å². The lowest BCUT2D eigenvalue weighted by Crippen LogP contribution is -2.25. The molecule has 0 unspecified atom stereocenters. The van der Waals surface area contributed by atoms with Gasteiger partial charge in [-0.15, -0.1) is 0 Å². The largest absolute Gasteiger partial charge is 0.488 e. The van der Waals surface area contributed by atoms with Crippen molar-refractivity contribution in [3.8, 4) is 5.75 Å². The zero-order valence-corrected chi connectivity index (χ0v) is 17.5. The Bertz CT molecular complexity index is 933. The lowest BCUT2D eigenvalue weighted by Gasteiger charge is -2.10. The molecule has 0 saturated carbocycles. The van der Waals surface area contributed by atoms with Crippen molar-refractivity contribution in [3.63, 3.8) is 0 Å². The van der Waals surface area contributed by atoms with Crippen molar-refractivity contribution < 1.29 is 9.53 Å². The first kappa shape index (κ1) is 19.2. The van der Waals surface area contributed by atoms with Crippen LogP contribution in [0, 0.1) is 0 Å². The number of nitrogens with one attached hydrogen (secondary N) is 1. The SMILES string of the molecule is CN1C(=O)C(=Cc2ccc(OCc3ccc(Cl)cc3Cl)c(Br)c2)NC1=S. The lowest BCUT2D eigenvalue weighted by atomic mass is 10.2. The maximum atomic E-state index is 12.0. The third-order valence-corrected chi connectivity index (χ3v) is 5.33. The van der Waals surface area contributed by atoms with Gasteiger partial charge >= 0.3 is 0 Å². The highest BCUT2D eigenvalue weighted by atomic mass is 79.9. The number of likely N-dealkylation sites (N-methyl/N-ethyl adjacent to an activating group) is 1. The highest BCUT2D eigenvalue weighted by molar-refractivity contribution is 9.10. The van der Waals surface area contributed by atoms with Gasteiger partial charge in [-0.1, -0.05) is 35.3 Å². The zero-order chi connectivity index (χ0) is 18.8. The number of halogens is 3. The number of hydrogen-bond donors (Lipinski definition) is 1. The van der Waals surface area contributed by atoms with E-state index in [0.717, 1.165) is 15.6 Å². The third kappa shape index (κ3) is 4.20. The number of carbonyl (C=O) groups excluding carboxylic acids is 1. The number of nitrogens with zero attached hydrogens (tertiary/aromatic N) is 1. The number of ether oxygens (including phenoxy) is 1. The van der Waals surface area contributed by atoms with Gasteiger partial charge in [-0.2, -0.15) is 0 Å². The first-order valence-corrected chi connectivity index (χ1v) is 9.48. The molecule has 1 saturated heterocycles. The summed E-state index contributed by atoms with van der Waals surface area (Å²) in [4.78, 5) is 13.4. The van der Waals surface area contributed by atoms with Crippen LogP contribution in [-0.2, 0) is 11.4 Å². The summed E-state index contributed by atoms with van der Waals surface area (Å²) in [5.74, 6) is 0.500. The van der Waals surface area contributed by atoms with Gasteiger partial charge in [0.1, 0.15) is 18.1 Å². The van der Waals surface area contributed by atoms with Gasteiger partial charge in [0.15, 0.2) is 5.11 Å². The van der Waals surface area contributed by atoms with Crippen LogP contribution in [-0.4, -0.2) is 23.0 Å². The second-order valence-corrected chi connectivity index (χ2v) is 7.65. The first-order valence-electron chi connectivity index (χ1n) is 7.52. The number of carbonyl (C=O) groups is 1. The Morgan fingerprint density at radius 3 is 2.65 bits per heavy atom. The Hall–Kier alpha value is -1.60. The van der Waals surface area contributed by atoms with Crippen LogP contribution in [0.25, 0.3) is 6.08 Å². The molecule has 0 aliphatic carbocycles. The molecule has 1 heterocycles. The maximum absolute atomic E-state index is 12.0. The summed E-state index contributed by atoms with van der Waals surface area (Å²) in [6.45, 7) is 0.314. The molecule has 1 fully saturated rings. The van der Waals surface area contributed by atoms with Crippen LogP contribution in [0.5, 0.6) is 5.75 Å². The molecule has 8 heteroatoms. The van der Waals surface area contributed by atoms with Crippen molar-refractivity contribution in [1.29, 1.82) is 0 Å². The average Bonchev–Trinajstić information content (AvgIpc) is 2.82. The Kier molecular flexibility index (Phi) is 5.87. The third-order valence-electron chi connectivity index (χ3n) is 3.75. The quantitative estimate of drug-likeness (QED) is 0.502. The van der Waals surface area contributed by atoms with Crippen LogP contribution in [0.15, 0.2) is 46.6 Å². The highest BCUT2D eigenvalue weighted by Gasteiger charge is 2.26. The van der Waals surface area contributed by atoms with Gasteiger partial charge in [0.2, 0.25) is 0 Å². The number of thiocarbonyl (C=S) groups is 1. The molecule has 2 aromatic carbocycles. The topological polar surface area (TPSA) is 41.6 Å². The van der Waals surface area contributed by atoms with E-state index >= 15 is 0 Å². The molecular formula is C18H13BrCl2N2O2S. The van der Waals surface area contributed by atoms with Gasteiger partial charge in [-0.05, 0) is 64.1 Å². The minimum absolute atomic E-state index is 0.163. The lowest BCUT2D eigenvalue weighted by molar-refractivity contribution is -0.121. The molecule has 0 atom stereocenters. The molecule has 0 aromatic heterocycles. The van der Waals surface area contributed by atoms with Gasteiger partial charge in [-0.25, -0.2) is 0 Å². The van der Waals surface area contributed by atoms with E-state index < -0.39 is 0 Å². The van der Waals surface area contributed by atoms with Gasteiger partial charge in [0.05, 0.1) is 4.47 Å². The summed E-state index contributed by atoms with van der Waals surface area (Å²) < 4.78 is 6.58. The van der Waals surface area contributed by atoms with E-state index in [9.17, 15) is 4.79 Å². The predicted octanol–water partition coefficient (Wildman–Crippen LogP) is 5.02. The Labute approximate surface area is 174 Å². The molecule has 1 N–H and O–H groups in total. The van der Waals surface area contributed by atoms with Gasteiger partial charge in [0, 0.05) is 22.7 Å². The fraction of sp³-hybridized carbons (Fsp3) is 0.111. The molecule has 1 amide bonds. The van der Waals surface area contributed by atoms with E-state index in [1.54, 1.807) is 25.3 Å². The highest BCUT2D eigenvalue weighted by Crippen LogP contribution is 2.29. The van der Waals surface area contributed by atoms with Crippen LogP contribution in [0.1, 0.15) is 11.1 Å². The molecule has 134 valence electrons. The van der Waals surface area contributed by atoms with Crippen molar-refractivity contribution in [3.05, 3.63) is 67.7 Å². The number of rotatable bonds is 4. The fourth-order valence-corrected chi connectivity index (χ4v) is 3.47. The van der Waals surface area contributed by atoms with Crippen LogP contribution >= 0.6 is 51.3 Å². The average molecular weight is 472 g/mol. The van der Waals surface area contributed by atoms with Gasteiger partial charge in [0.25, 0.3) is 5.91 Å². The summed E-state index contributed by atoms with van der Waals surface area (Å²) in [5, 5.41) is 4.42. The standard InChI is InChI=1S/C18H13BrCl2N2O2S/c1-23-17(24)15(22-18(23)26)7-10-2-5-16(13(19)6-10)25-9-11-3-4-12(20)8-14(11)21/h2-8H,9H2,1H3,(H,22,26). The molecular weight excluding hydrogens is 459 g/mol. The molecule has 26 heavy (non-hydrogen) atoms. The summed E-state index contributed by atoms with van der Waals surface area (Å²) in [7, 11) is 1.63. The number of hydrogen-bond acceptors (Lipinski definition) is 3. The van der Waals surface area contributed by atoms with E-state index in [0.29, 0.717) is 33.2 Å². The molecule has 0 bridgehead atoms. The fourth-order valence-electron chi connectivity index (χ4n) is 2.31. The van der Waals surface area contributed by atoms with Crippen molar-refractivity contribution in [2.45, 2.75) is 6.61 Å². The van der Waals surface area contributed by atoms with Crippen molar-refractivity contribution >= 4 is 68.4 Å². The minimum Gasteiger partial charge on any atom is -0.488 e. The second-order valence-electron chi connectivity index (χ2n) is 5.57. The molecule has 2 aromatic rings. The zero-order valence-electron chi connectivity index (χ0n) is 13.6. The minimum atomic E-state index is -0.163. The monoisotopic (exact) mass is 470 g/mol. The predicted molar refractivity (Wildman–Crippen MR) is 111 cm³/mol. The van der Waals surface area contributed by atoms with E-state index in [2.05, 4.69) is 21.2 Å². The van der Waals surface area contributed by atoms with Crippen LogP contribution in [0.2, 0.25) is 10.0 Å².